The van der Waals surface area contributed by atoms with Gasteiger partial charge in [-0.25, -0.2) is 4.79 Å². The summed E-state index contributed by atoms with van der Waals surface area (Å²) in [4.78, 5) is 12.1. The number of methoxy groups -OCH3 is 3. The van der Waals surface area contributed by atoms with Gasteiger partial charge in [-0.05, 0) is 31.2 Å². The molecular formula is C20H26N2O6. The molecule has 0 spiro atoms. The smallest absolute Gasteiger partial charge is 0.319 e. The number of hydrogen-bond acceptors (Lipinski definition) is 6. The van der Waals surface area contributed by atoms with Crippen molar-refractivity contribution in [3.63, 3.8) is 0 Å². The third kappa shape index (κ3) is 5.87. The van der Waals surface area contributed by atoms with Gasteiger partial charge in [-0.2, -0.15) is 0 Å². The highest BCUT2D eigenvalue weighted by atomic mass is 16.5. The van der Waals surface area contributed by atoms with Gasteiger partial charge in [0.15, 0.2) is 11.5 Å². The quantitative estimate of drug-likeness (QED) is 0.605. The summed E-state index contributed by atoms with van der Waals surface area (Å²) in [6.45, 7) is 3.21. The van der Waals surface area contributed by atoms with E-state index in [1.807, 2.05) is 31.2 Å². The van der Waals surface area contributed by atoms with Crippen LogP contribution in [0.15, 0.2) is 36.4 Å². The van der Waals surface area contributed by atoms with Crippen molar-refractivity contribution in [3.8, 4) is 28.7 Å². The molecule has 8 heteroatoms. The number of benzene rings is 2. The second-order valence-electron chi connectivity index (χ2n) is 5.55. The van der Waals surface area contributed by atoms with Gasteiger partial charge in [-0.3, -0.25) is 0 Å². The minimum atomic E-state index is -0.371. The number of nitrogens with one attached hydrogen (secondary N) is 2. The Bertz CT molecular complexity index is 739. The van der Waals surface area contributed by atoms with Gasteiger partial charge in [0.05, 0.1) is 40.2 Å². The predicted molar refractivity (Wildman–Crippen MR) is 106 cm³/mol. The number of amides is 2. The van der Waals surface area contributed by atoms with E-state index in [-0.39, 0.29) is 6.03 Å². The van der Waals surface area contributed by atoms with Crippen molar-refractivity contribution in [2.45, 2.75) is 6.92 Å². The van der Waals surface area contributed by atoms with Gasteiger partial charge in [-0.15, -0.1) is 0 Å². The Labute approximate surface area is 164 Å². The van der Waals surface area contributed by atoms with E-state index in [0.717, 1.165) is 5.75 Å². The molecule has 0 radical (unpaired) electrons. The van der Waals surface area contributed by atoms with Crippen LogP contribution in [0, 0.1) is 0 Å². The van der Waals surface area contributed by atoms with Gasteiger partial charge in [-0.1, -0.05) is 0 Å². The summed E-state index contributed by atoms with van der Waals surface area (Å²) in [5.74, 6) is 2.86. The van der Waals surface area contributed by atoms with Crippen LogP contribution in [0.4, 0.5) is 10.5 Å². The molecule has 0 unspecified atom stereocenters. The zero-order valence-electron chi connectivity index (χ0n) is 16.5. The summed E-state index contributed by atoms with van der Waals surface area (Å²) in [5.41, 5.74) is 0.513. The topological polar surface area (TPSA) is 87.3 Å². The van der Waals surface area contributed by atoms with E-state index < -0.39 is 0 Å². The lowest BCUT2D eigenvalue weighted by Crippen LogP contribution is -2.32. The zero-order chi connectivity index (χ0) is 20.4. The minimum absolute atomic E-state index is 0.330. The fraction of sp³-hybridized carbons (Fsp3) is 0.350. The van der Waals surface area contributed by atoms with Crippen LogP contribution in [0.5, 0.6) is 28.7 Å². The van der Waals surface area contributed by atoms with Gasteiger partial charge in [0, 0.05) is 12.1 Å². The molecule has 0 aliphatic rings. The fourth-order valence-electron chi connectivity index (χ4n) is 2.46. The maximum atomic E-state index is 12.1. The van der Waals surface area contributed by atoms with Crippen LogP contribution in [0.25, 0.3) is 0 Å². The van der Waals surface area contributed by atoms with E-state index in [1.54, 1.807) is 12.1 Å². The molecule has 0 heterocycles. The molecule has 0 fully saturated rings. The van der Waals surface area contributed by atoms with Crippen molar-refractivity contribution in [1.82, 2.24) is 5.32 Å². The second kappa shape index (κ2) is 10.8. The van der Waals surface area contributed by atoms with Crippen LogP contribution < -0.4 is 34.3 Å². The van der Waals surface area contributed by atoms with Gasteiger partial charge >= 0.3 is 6.03 Å². The molecule has 2 amide bonds. The SMILES string of the molecule is CCOc1ccc(OCCNC(=O)Nc2cc(OC)c(OC)c(OC)c2)cc1. The lowest BCUT2D eigenvalue weighted by atomic mass is 10.2. The maximum absolute atomic E-state index is 12.1. The highest BCUT2D eigenvalue weighted by Crippen LogP contribution is 2.39. The number of carbonyl (C=O) groups excluding carboxylic acids is 1. The predicted octanol–water partition coefficient (Wildman–Crippen LogP) is 3.31. The van der Waals surface area contributed by atoms with E-state index in [4.69, 9.17) is 23.7 Å². The lowest BCUT2D eigenvalue weighted by molar-refractivity contribution is 0.247. The molecule has 2 aromatic carbocycles. The Morgan fingerprint density at radius 2 is 1.46 bits per heavy atom. The molecule has 0 atom stereocenters. The number of anilines is 1. The first-order valence-corrected chi connectivity index (χ1v) is 8.81. The molecule has 0 aromatic heterocycles. The summed E-state index contributed by atoms with van der Waals surface area (Å²) < 4.78 is 26.8. The van der Waals surface area contributed by atoms with Gasteiger partial charge < -0.3 is 34.3 Å². The summed E-state index contributed by atoms with van der Waals surface area (Å²) in [5, 5.41) is 5.45. The van der Waals surface area contributed by atoms with Gasteiger partial charge in [0.1, 0.15) is 18.1 Å². The Kier molecular flexibility index (Phi) is 8.08. The summed E-state index contributed by atoms with van der Waals surface area (Å²) in [6, 6.07) is 10.2. The van der Waals surface area contributed by atoms with Crippen LogP contribution in [-0.2, 0) is 0 Å². The number of rotatable bonds is 10. The van der Waals surface area contributed by atoms with Crippen molar-refractivity contribution in [2.24, 2.45) is 0 Å². The Balaban J connectivity index is 1.82. The molecule has 0 aliphatic carbocycles. The normalized spacial score (nSPS) is 10.0. The first kappa shape index (κ1) is 21.0. The van der Waals surface area contributed by atoms with Crippen molar-refractivity contribution < 1.29 is 28.5 Å². The first-order chi connectivity index (χ1) is 13.6. The molecule has 2 N–H and O–H groups in total. The molecule has 0 saturated carbocycles. The Hall–Kier alpha value is -3.29. The summed E-state index contributed by atoms with van der Waals surface area (Å²) in [7, 11) is 4.54. The van der Waals surface area contributed by atoms with Crippen LogP contribution in [0.2, 0.25) is 0 Å². The largest absolute Gasteiger partial charge is 0.494 e. The van der Waals surface area contributed by atoms with Crippen molar-refractivity contribution >= 4 is 11.7 Å². The van der Waals surface area contributed by atoms with Gasteiger partial charge in [0.25, 0.3) is 0 Å². The number of urea groups is 1. The second-order valence-corrected chi connectivity index (χ2v) is 5.55. The Morgan fingerprint density at radius 3 is 1.96 bits per heavy atom. The first-order valence-electron chi connectivity index (χ1n) is 8.81. The molecular weight excluding hydrogens is 364 g/mol. The molecule has 0 aliphatic heterocycles. The standard InChI is InChI=1S/C20H26N2O6/c1-5-27-15-6-8-16(9-7-15)28-11-10-21-20(23)22-14-12-17(24-2)19(26-4)18(13-14)25-3/h6-9,12-13H,5,10-11H2,1-4H3,(H2,21,22,23). The molecule has 8 nitrogen and oxygen atoms in total. The highest BCUT2D eigenvalue weighted by Gasteiger charge is 2.14. The van der Waals surface area contributed by atoms with Gasteiger partial charge in [0.2, 0.25) is 5.75 Å². The molecule has 28 heavy (non-hydrogen) atoms. The van der Waals surface area contributed by atoms with E-state index in [2.05, 4.69) is 10.6 Å². The van der Waals surface area contributed by atoms with Crippen molar-refractivity contribution in [2.75, 3.05) is 46.4 Å². The molecule has 0 saturated heterocycles. The molecule has 2 rings (SSSR count). The number of carbonyl (C=O) groups is 1. The number of ether oxygens (including phenoxy) is 5. The average Bonchev–Trinajstić information content (AvgIpc) is 2.71. The van der Waals surface area contributed by atoms with E-state index in [0.29, 0.717) is 48.4 Å². The van der Waals surface area contributed by atoms with Crippen LogP contribution in [-0.4, -0.2) is 47.1 Å². The third-order valence-electron chi connectivity index (χ3n) is 3.71. The fourth-order valence-corrected chi connectivity index (χ4v) is 2.46. The van der Waals surface area contributed by atoms with Crippen LogP contribution in [0.3, 0.4) is 0 Å². The summed E-state index contributed by atoms with van der Waals surface area (Å²) in [6.07, 6.45) is 0. The average molecular weight is 390 g/mol. The highest BCUT2D eigenvalue weighted by molar-refractivity contribution is 5.90. The molecule has 152 valence electrons. The van der Waals surface area contributed by atoms with E-state index in [1.165, 1.54) is 21.3 Å². The summed E-state index contributed by atoms with van der Waals surface area (Å²) >= 11 is 0. The number of hydrogen-bond donors (Lipinski definition) is 2. The molecule has 0 bridgehead atoms. The molecule has 2 aromatic rings. The van der Waals surface area contributed by atoms with E-state index >= 15 is 0 Å². The van der Waals surface area contributed by atoms with Crippen LogP contribution >= 0.6 is 0 Å². The minimum Gasteiger partial charge on any atom is -0.494 e. The monoisotopic (exact) mass is 390 g/mol. The van der Waals surface area contributed by atoms with E-state index in [9.17, 15) is 4.79 Å². The Morgan fingerprint density at radius 1 is 0.893 bits per heavy atom. The van der Waals surface area contributed by atoms with Crippen LogP contribution in [0.1, 0.15) is 6.92 Å². The lowest BCUT2D eigenvalue weighted by Gasteiger charge is -2.15. The maximum Gasteiger partial charge on any atom is 0.319 e. The van der Waals surface area contributed by atoms with Crippen molar-refractivity contribution in [1.29, 1.82) is 0 Å². The zero-order valence-corrected chi connectivity index (χ0v) is 16.5. The third-order valence-corrected chi connectivity index (χ3v) is 3.71. The van der Waals surface area contributed by atoms with Crippen molar-refractivity contribution in [3.05, 3.63) is 36.4 Å².